The number of halogens is 3. The molecule has 0 aliphatic carbocycles. The molecule has 1 amide bonds. The van der Waals surface area contributed by atoms with Crippen LogP contribution in [0, 0.1) is 0 Å². The lowest BCUT2D eigenvalue weighted by Gasteiger charge is -2.11. The van der Waals surface area contributed by atoms with Crippen LogP contribution in [0.2, 0.25) is 0 Å². The van der Waals surface area contributed by atoms with Crippen molar-refractivity contribution in [3.05, 3.63) is 29.8 Å². The average molecular weight is 369 g/mol. The fraction of sp³-hybridized carbons (Fsp3) is 0.500. The van der Waals surface area contributed by atoms with Gasteiger partial charge in [-0.05, 0) is 24.1 Å². The van der Waals surface area contributed by atoms with Crippen molar-refractivity contribution < 1.29 is 22.0 Å². The Labute approximate surface area is 140 Å². The molecule has 2 rings (SSSR count). The van der Waals surface area contributed by atoms with Crippen LogP contribution in [0.25, 0.3) is 0 Å². The van der Waals surface area contributed by atoms with Crippen molar-refractivity contribution in [3.8, 4) is 0 Å². The summed E-state index contributed by atoms with van der Waals surface area (Å²) < 4.78 is 48.3. The number of carbonyl (C=O) groups is 1. The molecule has 1 aliphatic heterocycles. The van der Waals surface area contributed by atoms with Crippen LogP contribution in [-0.2, 0) is 21.1 Å². The Balaban J connectivity index is 0.00000264. The predicted octanol–water partition coefficient (Wildman–Crippen LogP) is 1.63. The van der Waals surface area contributed by atoms with Crippen molar-refractivity contribution >= 4 is 33.8 Å². The molecule has 2 N–H and O–H groups in total. The highest BCUT2D eigenvalue weighted by Crippen LogP contribution is 2.25. The third kappa shape index (κ3) is 6.40. The molecule has 130 valence electrons. The standard InChI is InChI=1S/C14H18F2N2O3S.ClH/c1-22(20,21)7-6-10-2-4-11(5-3-10)18-13(19)12-8-14(15,16)9-17-12;/h2-5,12,17H,6-9H2,1H3,(H,18,19);1H. The third-order valence-electron chi connectivity index (χ3n) is 3.41. The van der Waals surface area contributed by atoms with Crippen LogP contribution in [0.4, 0.5) is 14.5 Å². The molecule has 1 atom stereocenters. The first-order valence-corrected chi connectivity index (χ1v) is 8.89. The molecule has 1 saturated heterocycles. The van der Waals surface area contributed by atoms with E-state index in [9.17, 15) is 22.0 Å². The maximum absolute atomic E-state index is 13.0. The molecule has 0 radical (unpaired) electrons. The van der Waals surface area contributed by atoms with E-state index in [2.05, 4.69) is 10.6 Å². The van der Waals surface area contributed by atoms with Gasteiger partial charge >= 0.3 is 0 Å². The quantitative estimate of drug-likeness (QED) is 0.828. The summed E-state index contributed by atoms with van der Waals surface area (Å²) >= 11 is 0. The SMILES string of the molecule is CS(=O)(=O)CCc1ccc(NC(=O)C2CC(F)(F)CN2)cc1.Cl. The zero-order valence-corrected chi connectivity index (χ0v) is 14.1. The zero-order valence-electron chi connectivity index (χ0n) is 12.5. The van der Waals surface area contributed by atoms with Crippen molar-refractivity contribution in [2.24, 2.45) is 0 Å². The van der Waals surface area contributed by atoms with E-state index in [-0.39, 0.29) is 18.2 Å². The molecule has 0 saturated carbocycles. The molecule has 9 heteroatoms. The highest BCUT2D eigenvalue weighted by Gasteiger charge is 2.42. The minimum absolute atomic E-state index is 0. The van der Waals surface area contributed by atoms with Gasteiger partial charge in [-0.3, -0.25) is 10.1 Å². The molecule has 1 aromatic rings. The second-order valence-corrected chi connectivity index (χ2v) is 7.82. The Morgan fingerprint density at radius 3 is 2.43 bits per heavy atom. The highest BCUT2D eigenvalue weighted by molar-refractivity contribution is 7.90. The van der Waals surface area contributed by atoms with E-state index in [4.69, 9.17) is 0 Å². The molecule has 5 nitrogen and oxygen atoms in total. The summed E-state index contributed by atoms with van der Waals surface area (Å²) in [6.45, 7) is -0.491. The number of rotatable bonds is 5. The fourth-order valence-electron chi connectivity index (χ4n) is 2.19. The molecule has 1 heterocycles. The van der Waals surface area contributed by atoms with E-state index in [0.717, 1.165) is 5.56 Å². The fourth-order valence-corrected chi connectivity index (χ4v) is 2.79. The van der Waals surface area contributed by atoms with Crippen LogP contribution in [-0.4, -0.2) is 44.8 Å². The number of hydrogen-bond donors (Lipinski definition) is 2. The lowest BCUT2D eigenvalue weighted by atomic mass is 10.1. The number of anilines is 1. The molecule has 1 fully saturated rings. The van der Waals surface area contributed by atoms with Gasteiger partial charge in [-0.2, -0.15) is 0 Å². The zero-order chi connectivity index (χ0) is 16.4. The number of benzene rings is 1. The van der Waals surface area contributed by atoms with Crippen LogP contribution in [0.5, 0.6) is 0 Å². The molecule has 0 aromatic heterocycles. The largest absolute Gasteiger partial charge is 0.325 e. The molecule has 0 spiro atoms. The molecular formula is C14H19ClF2N2O3S. The van der Waals surface area contributed by atoms with Gasteiger partial charge in [0.15, 0.2) is 0 Å². The summed E-state index contributed by atoms with van der Waals surface area (Å²) in [5, 5.41) is 5.05. The minimum Gasteiger partial charge on any atom is -0.325 e. The summed E-state index contributed by atoms with van der Waals surface area (Å²) in [5.74, 6) is -3.29. The summed E-state index contributed by atoms with van der Waals surface area (Å²) in [5.41, 5.74) is 1.32. The van der Waals surface area contributed by atoms with Gasteiger partial charge in [-0.25, -0.2) is 17.2 Å². The molecule has 1 aliphatic rings. The molecular weight excluding hydrogens is 350 g/mol. The van der Waals surface area contributed by atoms with Gasteiger partial charge in [0.1, 0.15) is 9.84 Å². The summed E-state index contributed by atoms with van der Waals surface area (Å²) in [6.07, 6.45) is 1.06. The van der Waals surface area contributed by atoms with E-state index in [1.165, 1.54) is 6.26 Å². The first-order chi connectivity index (χ1) is 10.1. The lowest BCUT2D eigenvalue weighted by molar-refractivity contribution is -0.118. The number of sulfone groups is 1. The number of aryl methyl sites for hydroxylation is 1. The van der Waals surface area contributed by atoms with Gasteiger partial charge in [0.05, 0.1) is 18.3 Å². The number of nitrogens with one attached hydrogen (secondary N) is 2. The lowest BCUT2D eigenvalue weighted by Crippen LogP contribution is -2.35. The van der Waals surface area contributed by atoms with Crippen molar-refractivity contribution in [1.82, 2.24) is 5.32 Å². The van der Waals surface area contributed by atoms with Crippen molar-refractivity contribution in [2.75, 3.05) is 23.9 Å². The Hall–Kier alpha value is -1.25. The average Bonchev–Trinajstić information content (AvgIpc) is 2.77. The van der Waals surface area contributed by atoms with Crippen molar-refractivity contribution in [2.45, 2.75) is 24.8 Å². The summed E-state index contributed by atoms with van der Waals surface area (Å²) in [4.78, 5) is 11.9. The number of alkyl halides is 2. The van der Waals surface area contributed by atoms with Gasteiger partial charge < -0.3 is 5.32 Å². The highest BCUT2D eigenvalue weighted by atomic mass is 35.5. The maximum Gasteiger partial charge on any atom is 0.262 e. The van der Waals surface area contributed by atoms with E-state index < -0.39 is 40.7 Å². The summed E-state index contributed by atoms with van der Waals surface area (Å²) in [7, 11) is -3.02. The van der Waals surface area contributed by atoms with Gasteiger partial charge in [-0.15, -0.1) is 12.4 Å². The van der Waals surface area contributed by atoms with Gasteiger partial charge in [0.2, 0.25) is 5.91 Å². The van der Waals surface area contributed by atoms with Crippen molar-refractivity contribution in [3.63, 3.8) is 0 Å². The van der Waals surface area contributed by atoms with Crippen molar-refractivity contribution in [1.29, 1.82) is 0 Å². The Kier molecular flexibility index (Phi) is 6.49. The second kappa shape index (κ2) is 7.55. The minimum atomic E-state index is -3.02. The Morgan fingerprint density at radius 1 is 1.35 bits per heavy atom. The van der Waals surface area contributed by atoms with E-state index in [1.807, 2.05) is 0 Å². The van der Waals surface area contributed by atoms with E-state index in [1.54, 1.807) is 24.3 Å². The van der Waals surface area contributed by atoms with Crippen LogP contribution < -0.4 is 10.6 Å². The third-order valence-corrected chi connectivity index (χ3v) is 4.36. The van der Waals surface area contributed by atoms with Crippen LogP contribution >= 0.6 is 12.4 Å². The van der Waals surface area contributed by atoms with E-state index in [0.29, 0.717) is 12.1 Å². The smallest absolute Gasteiger partial charge is 0.262 e. The van der Waals surface area contributed by atoms with E-state index >= 15 is 0 Å². The van der Waals surface area contributed by atoms with Crippen LogP contribution in [0.3, 0.4) is 0 Å². The topological polar surface area (TPSA) is 75.3 Å². The predicted molar refractivity (Wildman–Crippen MR) is 87.1 cm³/mol. The number of amides is 1. The number of carbonyl (C=O) groups excluding carboxylic acids is 1. The molecule has 0 bridgehead atoms. The van der Waals surface area contributed by atoms with Gasteiger partial charge in [0.25, 0.3) is 5.92 Å². The van der Waals surface area contributed by atoms with Gasteiger partial charge in [-0.1, -0.05) is 12.1 Å². The Morgan fingerprint density at radius 2 is 1.96 bits per heavy atom. The first kappa shape index (κ1) is 19.8. The monoisotopic (exact) mass is 368 g/mol. The molecule has 1 unspecified atom stereocenters. The second-order valence-electron chi connectivity index (χ2n) is 5.56. The molecule has 23 heavy (non-hydrogen) atoms. The van der Waals surface area contributed by atoms with Gasteiger partial charge in [0, 0.05) is 18.4 Å². The van der Waals surface area contributed by atoms with Crippen LogP contribution in [0.1, 0.15) is 12.0 Å². The first-order valence-electron chi connectivity index (χ1n) is 6.83. The normalized spacial score (nSPS) is 19.9. The molecule has 1 aromatic carbocycles. The Bertz CT molecular complexity index is 650. The van der Waals surface area contributed by atoms with Crippen LogP contribution in [0.15, 0.2) is 24.3 Å². The maximum atomic E-state index is 13.0. The number of hydrogen-bond acceptors (Lipinski definition) is 4. The summed E-state index contributed by atoms with van der Waals surface area (Å²) in [6, 6.07) is 5.76.